The molecule has 0 bridgehead atoms. The molecule has 3 rings (SSSR count). The lowest BCUT2D eigenvalue weighted by atomic mass is 10.1. The lowest BCUT2D eigenvalue weighted by Gasteiger charge is -2.37. The molecule has 1 aromatic rings. The Morgan fingerprint density at radius 1 is 1.18 bits per heavy atom. The zero-order valence-corrected chi connectivity index (χ0v) is 26.4. The smallest absolute Gasteiger partial charge is 0.410 e. The fraction of sp³-hybridized carbons (Fsp3) is 0.600. The van der Waals surface area contributed by atoms with Crippen LogP contribution in [0.2, 0.25) is 0 Å². The van der Waals surface area contributed by atoms with E-state index in [1.165, 1.54) is 41.2 Å². The number of carbonyl (C=O) groups excluding carboxylic acids is 4. The molecule has 2 aliphatic heterocycles. The van der Waals surface area contributed by atoms with Crippen LogP contribution in [0.25, 0.3) is 0 Å². The van der Waals surface area contributed by atoms with E-state index in [4.69, 9.17) is 13.8 Å². The second-order valence-electron chi connectivity index (χ2n) is 9.97. The Hall–Kier alpha value is -3.52. The summed E-state index contributed by atoms with van der Waals surface area (Å²) in [6.45, 7) is 4.11. The van der Waals surface area contributed by atoms with Crippen molar-refractivity contribution in [2.75, 3.05) is 51.8 Å². The molecule has 2 heterocycles. The van der Waals surface area contributed by atoms with Crippen molar-refractivity contribution in [1.82, 2.24) is 25.3 Å². The molecule has 2 aliphatic rings. The minimum absolute atomic E-state index is 0.0589. The fourth-order valence-corrected chi connectivity index (χ4v) is 6.47. The molecule has 1 N–H and O–H groups in total. The average Bonchev–Trinajstić information content (AvgIpc) is 3.38. The Bertz CT molecular complexity index is 1320. The maximum Gasteiger partial charge on any atom is 0.410 e. The van der Waals surface area contributed by atoms with Crippen molar-refractivity contribution in [3.8, 4) is 0 Å². The van der Waals surface area contributed by atoms with Crippen LogP contribution < -0.4 is 5.32 Å². The number of hydrogen-bond acceptors (Lipinski definition) is 14. The summed E-state index contributed by atoms with van der Waals surface area (Å²) in [4.78, 5) is 69.9. The van der Waals surface area contributed by atoms with Crippen LogP contribution in [0.4, 0.5) is 15.3 Å². The van der Waals surface area contributed by atoms with E-state index in [1.54, 1.807) is 6.92 Å². The monoisotopic (exact) mass is 660 g/mol. The minimum Gasteiger partial charge on any atom is -0.445 e. The first kappa shape index (κ1) is 35.0. The number of urea groups is 1. The van der Waals surface area contributed by atoms with Crippen LogP contribution in [0, 0.1) is 10.1 Å². The van der Waals surface area contributed by atoms with Crippen molar-refractivity contribution in [2.45, 2.75) is 44.3 Å². The molecule has 0 spiro atoms. The van der Waals surface area contributed by atoms with E-state index in [0.717, 1.165) is 35.0 Å². The molecule has 19 heteroatoms. The summed E-state index contributed by atoms with van der Waals surface area (Å²) in [5, 5.41) is 15.2. The van der Waals surface area contributed by atoms with Gasteiger partial charge in [0.05, 0.1) is 29.9 Å². The van der Waals surface area contributed by atoms with Gasteiger partial charge in [0.1, 0.15) is 11.9 Å². The van der Waals surface area contributed by atoms with Crippen LogP contribution in [-0.2, 0) is 40.1 Å². The maximum absolute atomic E-state index is 13.9. The standard InChI is InChI=1S/C25H36N6O11S2/c1-5-43-22(23(33)27(3)24(34)30(41-17(2)32)28-12-10-26-11-13-28)21-14-20(42-44(4,38)39)15-29(21)25(35)40-16-18-6-8-19(9-7-18)31(36)37/h6-9,20-22,26H,5,10-16H2,1-4H3/t20-,21-,22?/m0/s1. The number of nitro benzene ring substituents is 1. The Morgan fingerprint density at radius 2 is 1.82 bits per heavy atom. The number of amides is 4. The van der Waals surface area contributed by atoms with Gasteiger partial charge in [-0.25, -0.2) is 14.4 Å². The number of nitrogens with zero attached hydrogens (tertiary/aromatic N) is 5. The molecule has 4 amide bonds. The number of nitro groups is 1. The number of hydrazine groups is 1. The highest BCUT2D eigenvalue weighted by molar-refractivity contribution is 8.00. The topological polar surface area (TPSA) is 198 Å². The Labute approximate surface area is 258 Å². The van der Waals surface area contributed by atoms with E-state index in [-0.39, 0.29) is 25.3 Å². The molecule has 1 unspecified atom stereocenters. The second kappa shape index (κ2) is 15.5. The fourth-order valence-electron chi connectivity index (χ4n) is 4.70. The summed E-state index contributed by atoms with van der Waals surface area (Å²) in [5.41, 5.74) is 0.323. The molecule has 0 radical (unpaired) electrons. The molecule has 244 valence electrons. The summed E-state index contributed by atoms with van der Waals surface area (Å²) in [7, 11) is -2.70. The lowest BCUT2D eigenvalue weighted by Crippen LogP contribution is -2.59. The highest BCUT2D eigenvalue weighted by Crippen LogP contribution is 2.32. The summed E-state index contributed by atoms with van der Waals surface area (Å²) in [6.07, 6.45) is -1.06. The van der Waals surface area contributed by atoms with Crippen LogP contribution >= 0.6 is 11.8 Å². The van der Waals surface area contributed by atoms with Crippen LogP contribution in [0.15, 0.2) is 24.3 Å². The number of ether oxygens (including phenoxy) is 1. The zero-order chi connectivity index (χ0) is 32.6. The molecule has 44 heavy (non-hydrogen) atoms. The number of likely N-dealkylation sites (tertiary alicyclic amines) is 1. The van der Waals surface area contributed by atoms with Crippen LogP contribution in [0.3, 0.4) is 0 Å². The van der Waals surface area contributed by atoms with Gasteiger partial charge >= 0.3 is 18.1 Å². The number of non-ortho nitro benzene ring substituents is 1. The van der Waals surface area contributed by atoms with Crippen molar-refractivity contribution in [3.05, 3.63) is 39.9 Å². The highest BCUT2D eigenvalue weighted by atomic mass is 32.2. The van der Waals surface area contributed by atoms with Gasteiger partial charge in [0, 0.05) is 52.3 Å². The molecule has 0 saturated carbocycles. The first-order valence-electron chi connectivity index (χ1n) is 13.6. The third kappa shape index (κ3) is 9.49. The number of hydrogen-bond donors (Lipinski definition) is 1. The van der Waals surface area contributed by atoms with Crippen LogP contribution in [0.5, 0.6) is 0 Å². The van der Waals surface area contributed by atoms with Gasteiger partial charge in [-0.15, -0.1) is 11.8 Å². The Morgan fingerprint density at radius 3 is 2.36 bits per heavy atom. The van der Waals surface area contributed by atoms with Crippen molar-refractivity contribution < 1.29 is 46.3 Å². The molecule has 0 aliphatic carbocycles. The molecular weight excluding hydrogens is 624 g/mol. The van der Waals surface area contributed by atoms with Gasteiger partial charge in [0.15, 0.2) is 0 Å². The lowest BCUT2D eigenvalue weighted by molar-refractivity contribution is -0.384. The van der Waals surface area contributed by atoms with E-state index in [9.17, 15) is 37.7 Å². The van der Waals surface area contributed by atoms with Crippen molar-refractivity contribution in [2.24, 2.45) is 0 Å². The Balaban J connectivity index is 1.83. The van der Waals surface area contributed by atoms with E-state index < -0.39 is 56.4 Å². The number of benzene rings is 1. The van der Waals surface area contributed by atoms with Gasteiger partial charge in [-0.2, -0.15) is 13.4 Å². The van der Waals surface area contributed by atoms with Gasteiger partial charge in [-0.1, -0.05) is 12.1 Å². The van der Waals surface area contributed by atoms with E-state index >= 15 is 0 Å². The molecule has 3 atom stereocenters. The summed E-state index contributed by atoms with van der Waals surface area (Å²) in [6, 6.07) is 3.50. The summed E-state index contributed by atoms with van der Waals surface area (Å²) in [5.74, 6) is -1.09. The van der Waals surface area contributed by atoms with Gasteiger partial charge < -0.3 is 19.8 Å². The highest BCUT2D eigenvalue weighted by Gasteiger charge is 2.47. The number of nitrogens with one attached hydrogen (secondary N) is 1. The Kier molecular flexibility index (Phi) is 12.3. The predicted octanol–water partition coefficient (Wildman–Crippen LogP) is 0.951. The predicted molar refractivity (Wildman–Crippen MR) is 156 cm³/mol. The van der Waals surface area contributed by atoms with E-state index in [2.05, 4.69) is 5.32 Å². The average molecular weight is 661 g/mol. The molecule has 17 nitrogen and oxygen atoms in total. The van der Waals surface area contributed by atoms with Crippen molar-refractivity contribution >= 4 is 51.6 Å². The zero-order valence-electron chi connectivity index (χ0n) is 24.7. The number of carbonyl (C=O) groups is 4. The number of rotatable bonds is 10. The van der Waals surface area contributed by atoms with Crippen LogP contribution in [-0.4, -0.2) is 126 Å². The van der Waals surface area contributed by atoms with E-state index in [1.807, 2.05) is 0 Å². The van der Waals surface area contributed by atoms with Gasteiger partial charge in [0.2, 0.25) is 5.91 Å². The number of hydroxylamine groups is 1. The molecule has 1 aromatic carbocycles. The third-order valence-electron chi connectivity index (χ3n) is 6.65. The maximum atomic E-state index is 13.9. The molecule has 2 saturated heterocycles. The van der Waals surface area contributed by atoms with Gasteiger partial charge in [-0.3, -0.25) is 24.0 Å². The molecule has 2 fully saturated rings. The van der Waals surface area contributed by atoms with E-state index in [0.29, 0.717) is 37.5 Å². The van der Waals surface area contributed by atoms with Crippen molar-refractivity contribution in [3.63, 3.8) is 0 Å². The largest absolute Gasteiger partial charge is 0.445 e. The summed E-state index contributed by atoms with van der Waals surface area (Å²) >= 11 is 1.14. The number of thioether (sulfide) groups is 1. The van der Waals surface area contributed by atoms with Gasteiger partial charge in [-0.05, 0) is 29.9 Å². The number of imide groups is 1. The van der Waals surface area contributed by atoms with Crippen molar-refractivity contribution in [1.29, 1.82) is 0 Å². The molecular formula is C25H36N6O11S2. The minimum atomic E-state index is -3.93. The van der Waals surface area contributed by atoms with Gasteiger partial charge in [0.25, 0.3) is 15.8 Å². The third-order valence-corrected chi connectivity index (χ3v) is 8.48. The second-order valence-corrected chi connectivity index (χ2v) is 13.0. The SMILES string of the molecule is CCSC(C(=O)N(C)C(=O)N(OC(C)=O)N1CCNCC1)[C@@H]1C[C@H](OS(C)(=O)=O)CN1C(=O)OCc1ccc([N+](=O)[O-])cc1. The molecule has 0 aromatic heterocycles. The first-order chi connectivity index (χ1) is 20.7. The normalized spacial score (nSPS) is 19.6. The quantitative estimate of drug-likeness (QED) is 0.211. The van der Waals surface area contributed by atoms with Crippen LogP contribution in [0.1, 0.15) is 25.8 Å². The summed E-state index contributed by atoms with van der Waals surface area (Å²) < 4.78 is 34.4. The first-order valence-corrected chi connectivity index (χ1v) is 16.5. The number of piperazine rings is 1.